The second-order valence-electron chi connectivity index (χ2n) is 3.14. The third kappa shape index (κ3) is 2.08. The van der Waals surface area contributed by atoms with Gasteiger partial charge in [-0.25, -0.2) is 0 Å². The highest BCUT2D eigenvalue weighted by Gasteiger charge is 2.26. The van der Waals surface area contributed by atoms with Crippen LogP contribution in [0.3, 0.4) is 0 Å². The monoisotopic (exact) mass is 182 g/mol. The minimum Gasteiger partial charge on any atom is -0.481 e. The molecule has 1 aliphatic rings. The lowest BCUT2D eigenvalue weighted by molar-refractivity contribution is -0.141. The summed E-state index contributed by atoms with van der Waals surface area (Å²) >= 11 is 0. The molecule has 1 atom stereocenters. The number of aliphatic carboxylic acids is 1. The Morgan fingerprint density at radius 3 is 2.92 bits per heavy atom. The van der Waals surface area contributed by atoms with Gasteiger partial charge in [-0.2, -0.15) is 0 Å². The number of hydrogen-bond donors (Lipinski definition) is 2. The number of carboxylic acids is 1. The molecule has 0 saturated heterocycles. The van der Waals surface area contributed by atoms with E-state index in [2.05, 4.69) is 4.99 Å². The molecule has 0 spiro atoms. The van der Waals surface area contributed by atoms with Crippen molar-refractivity contribution in [3.8, 4) is 0 Å². The number of rotatable bonds is 1. The summed E-state index contributed by atoms with van der Waals surface area (Å²) < 4.78 is 0. The molecule has 0 aliphatic heterocycles. The van der Waals surface area contributed by atoms with Crippen molar-refractivity contribution in [2.24, 2.45) is 16.6 Å². The molecule has 0 bridgehead atoms. The summed E-state index contributed by atoms with van der Waals surface area (Å²) in [7, 11) is 1.71. The van der Waals surface area contributed by atoms with Crippen molar-refractivity contribution in [3.63, 3.8) is 0 Å². The molecule has 0 radical (unpaired) electrons. The van der Waals surface area contributed by atoms with Crippen LogP contribution in [0.2, 0.25) is 0 Å². The molecule has 0 aromatic rings. The Labute approximate surface area is 77.2 Å². The Morgan fingerprint density at radius 2 is 2.46 bits per heavy atom. The number of nitrogens with zero attached hydrogens (tertiary/aromatic N) is 1. The van der Waals surface area contributed by atoms with Gasteiger partial charge < -0.3 is 10.8 Å². The van der Waals surface area contributed by atoms with Crippen LogP contribution in [0.15, 0.2) is 16.8 Å². The third-order valence-electron chi connectivity index (χ3n) is 2.39. The van der Waals surface area contributed by atoms with Gasteiger partial charge in [-0.1, -0.05) is 0 Å². The average molecular weight is 182 g/mol. The smallest absolute Gasteiger partial charge is 0.306 e. The van der Waals surface area contributed by atoms with Gasteiger partial charge >= 0.3 is 5.97 Å². The first-order chi connectivity index (χ1) is 6.19. The molecule has 0 heterocycles. The zero-order valence-electron chi connectivity index (χ0n) is 7.66. The van der Waals surface area contributed by atoms with Crippen molar-refractivity contribution in [1.82, 2.24) is 0 Å². The molecular weight excluding hydrogens is 168 g/mol. The molecule has 1 aliphatic carbocycles. The lowest BCUT2D eigenvalue weighted by atomic mass is 9.84. The van der Waals surface area contributed by atoms with Crippen molar-refractivity contribution in [2.45, 2.75) is 19.3 Å². The maximum absolute atomic E-state index is 10.7. The van der Waals surface area contributed by atoms with Crippen LogP contribution in [0.1, 0.15) is 19.3 Å². The molecule has 1 fully saturated rings. The average Bonchev–Trinajstić information content (AvgIpc) is 2.16. The SMILES string of the molecule is CN=C1CCC(C(=O)O)CC1=CN. The van der Waals surface area contributed by atoms with E-state index in [0.29, 0.717) is 12.8 Å². The normalized spacial score (nSPS) is 29.5. The summed E-state index contributed by atoms with van der Waals surface area (Å²) in [6.07, 6.45) is 3.37. The van der Waals surface area contributed by atoms with Crippen LogP contribution in [-0.4, -0.2) is 23.8 Å². The predicted molar refractivity (Wildman–Crippen MR) is 50.6 cm³/mol. The highest BCUT2D eigenvalue weighted by atomic mass is 16.4. The van der Waals surface area contributed by atoms with E-state index in [-0.39, 0.29) is 5.92 Å². The van der Waals surface area contributed by atoms with Crippen molar-refractivity contribution in [2.75, 3.05) is 7.05 Å². The van der Waals surface area contributed by atoms with Gasteiger partial charge in [0, 0.05) is 12.8 Å². The van der Waals surface area contributed by atoms with Crippen LogP contribution < -0.4 is 5.73 Å². The van der Waals surface area contributed by atoms with E-state index in [1.165, 1.54) is 6.20 Å². The minimum atomic E-state index is -0.741. The molecule has 72 valence electrons. The molecule has 13 heavy (non-hydrogen) atoms. The number of aliphatic imine (C=N–C) groups is 1. The third-order valence-corrected chi connectivity index (χ3v) is 2.39. The largest absolute Gasteiger partial charge is 0.481 e. The Morgan fingerprint density at radius 1 is 1.77 bits per heavy atom. The Balaban J connectivity index is 2.75. The number of carboxylic acid groups (broad SMARTS) is 1. The first-order valence-corrected chi connectivity index (χ1v) is 4.28. The molecule has 3 N–H and O–H groups in total. The predicted octanol–water partition coefficient (Wildman–Crippen LogP) is 0.785. The van der Waals surface area contributed by atoms with Gasteiger partial charge in [0.1, 0.15) is 0 Å². The minimum absolute atomic E-state index is 0.291. The molecule has 4 nitrogen and oxygen atoms in total. The van der Waals surface area contributed by atoms with Gasteiger partial charge in [-0.05, 0) is 31.0 Å². The fourth-order valence-electron chi connectivity index (χ4n) is 1.59. The molecular formula is C9H14N2O2. The summed E-state index contributed by atoms with van der Waals surface area (Å²) in [6.45, 7) is 0. The summed E-state index contributed by atoms with van der Waals surface area (Å²) in [6, 6.07) is 0. The van der Waals surface area contributed by atoms with Crippen molar-refractivity contribution < 1.29 is 9.90 Å². The fraction of sp³-hybridized carbons (Fsp3) is 0.556. The summed E-state index contributed by atoms with van der Waals surface area (Å²) in [5.74, 6) is -1.03. The molecule has 1 rings (SSSR count). The van der Waals surface area contributed by atoms with E-state index >= 15 is 0 Å². The van der Waals surface area contributed by atoms with Gasteiger partial charge in [0.2, 0.25) is 0 Å². The van der Waals surface area contributed by atoms with Crippen LogP contribution in [0.5, 0.6) is 0 Å². The van der Waals surface area contributed by atoms with E-state index in [4.69, 9.17) is 10.8 Å². The zero-order chi connectivity index (χ0) is 9.84. The van der Waals surface area contributed by atoms with Gasteiger partial charge in [0.15, 0.2) is 0 Å². The highest BCUT2D eigenvalue weighted by Crippen LogP contribution is 2.26. The van der Waals surface area contributed by atoms with Crippen LogP contribution >= 0.6 is 0 Å². The molecule has 4 heteroatoms. The lowest BCUT2D eigenvalue weighted by Gasteiger charge is -2.21. The topological polar surface area (TPSA) is 75.7 Å². The number of nitrogens with two attached hydrogens (primary N) is 1. The van der Waals surface area contributed by atoms with Crippen LogP contribution in [0.4, 0.5) is 0 Å². The highest BCUT2D eigenvalue weighted by molar-refractivity contribution is 6.01. The van der Waals surface area contributed by atoms with E-state index in [0.717, 1.165) is 17.7 Å². The van der Waals surface area contributed by atoms with Crippen molar-refractivity contribution in [3.05, 3.63) is 11.8 Å². The number of hydrogen-bond acceptors (Lipinski definition) is 3. The van der Waals surface area contributed by atoms with Crippen LogP contribution in [0.25, 0.3) is 0 Å². The van der Waals surface area contributed by atoms with Crippen LogP contribution in [0, 0.1) is 5.92 Å². The lowest BCUT2D eigenvalue weighted by Crippen LogP contribution is -2.24. The second kappa shape index (κ2) is 4.07. The summed E-state index contributed by atoms with van der Waals surface area (Å²) in [5.41, 5.74) is 7.22. The van der Waals surface area contributed by atoms with Gasteiger partial charge in [0.05, 0.1) is 5.92 Å². The quantitative estimate of drug-likeness (QED) is 0.629. The van der Waals surface area contributed by atoms with E-state index in [1.54, 1.807) is 7.05 Å². The van der Waals surface area contributed by atoms with E-state index in [1.807, 2.05) is 0 Å². The first-order valence-electron chi connectivity index (χ1n) is 4.28. The maximum Gasteiger partial charge on any atom is 0.306 e. The van der Waals surface area contributed by atoms with E-state index in [9.17, 15) is 4.79 Å². The van der Waals surface area contributed by atoms with Gasteiger partial charge in [-0.15, -0.1) is 0 Å². The summed E-state index contributed by atoms with van der Waals surface area (Å²) in [4.78, 5) is 14.8. The second-order valence-corrected chi connectivity index (χ2v) is 3.14. The Kier molecular flexibility index (Phi) is 3.06. The zero-order valence-corrected chi connectivity index (χ0v) is 7.66. The molecule has 0 aromatic heterocycles. The Bertz CT molecular complexity index is 269. The first kappa shape index (κ1) is 9.77. The van der Waals surface area contributed by atoms with Gasteiger partial charge in [-0.3, -0.25) is 9.79 Å². The standard InChI is InChI=1S/C9H14N2O2/c1-11-8-3-2-6(9(12)13)4-7(8)5-10/h5-6H,2-4,10H2,1H3,(H,12,13). The molecule has 1 unspecified atom stereocenters. The van der Waals surface area contributed by atoms with Crippen LogP contribution in [-0.2, 0) is 4.79 Å². The number of allylic oxidation sites excluding steroid dienone is 1. The van der Waals surface area contributed by atoms with Crippen molar-refractivity contribution >= 4 is 11.7 Å². The molecule has 0 aromatic carbocycles. The fourth-order valence-corrected chi connectivity index (χ4v) is 1.59. The van der Waals surface area contributed by atoms with Crippen molar-refractivity contribution in [1.29, 1.82) is 0 Å². The number of carbonyl (C=O) groups is 1. The van der Waals surface area contributed by atoms with Gasteiger partial charge in [0.25, 0.3) is 0 Å². The molecule has 1 saturated carbocycles. The molecule has 0 amide bonds. The summed E-state index contributed by atoms with van der Waals surface area (Å²) in [5, 5.41) is 8.80. The van der Waals surface area contributed by atoms with E-state index < -0.39 is 5.97 Å². The Hall–Kier alpha value is -1.32. The maximum atomic E-state index is 10.7.